The van der Waals surface area contributed by atoms with Gasteiger partial charge in [-0.05, 0) is 43.5 Å². The molecule has 0 radical (unpaired) electrons. The second kappa shape index (κ2) is 8.18. The van der Waals surface area contributed by atoms with Crippen LogP contribution < -0.4 is 10.1 Å². The van der Waals surface area contributed by atoms with Gasteiger partial charge < -0.3 is 15.0 Å². The molecule has 122 valence electrons. The van der Waals surface area contributed by atoms with Crippen molar-refractivity contribution in [1.82, 2.24) is 10.2 Å². The maximum Gasteiger partial charge on any atom is 0.254 e. The first-order chi connectivity index (χ1) is 10.6. The molecule has 1 aliphatic rings. The lowest BCUT2D eigenvalue weighted by molar-refractivity contribution is 0.0691. The van der Waals surface area contributed by atoms with E-state index >= 15 is 0 Å². The average Bonchev–Trinajstić information content (AvgIpc) is 3.04. The normalized spacial score (nSPS) is 17.7. The lowest BCUT2D eigenvalue weighted by Crippen LogP contribution is -2.42. The molecular formula is C18H28N2O2. The van der Waals surface area contributed by atoms with Crippen LogP contribution in [0.4, 0.5) is 0 Å². The smallest absolute Gasteiger partial charge is 0.254 e. The van der Waals surface area contributed by atoms with Crippen molar-refractivity contribution in [2.45, 2.75) is 39.7 Å². The molecule has 1 atom stereocenters. The largest absolute Gasteiger partial charge is 0.493 e. The van der Waals surface area contributed by atoms with Gasteiger partial charge in [-0.3, -0.25) is 4.79 Å². The van der Waals surface area contributed by atoms with E-state index in [9.17, 15) is 4.79 Å². The van der Waals surface area contributed by atoms with Gasteiger partial charge in [-0.25, -0.2) is 0 Å². The van der Waals surface area contributed by atoms with E-state index < -0.39 is 0 Å². The summed E-state index contributed by atoms with van der Waals surface area (Å²) in [4.78, 5) is 14.9. The van der Waals surface area contributed by atoms with Crippen molar-refractivity contribution >= 4 is 5.91 Å². The zero-order chi connectivity index (χ0) is 15.9. The molecule has 1 aromatic rings. The van der Waals surface area contributed by atoms with Gasteiger partial charge in [0, 0.05) is 24.7 Å². The fourth-order valence-electron chi connectivity index (χ4n) is 2.74. The molecule has 4 heteroatoms. The summed E-state index contributed by atoms with van der Waals surface area (Å²) in [6, 6.07) is 7.89. The second-order valence-corrected chi connectivity index (χ2v) is 6.38. The van der Waals surface area contributed by atoms with Gasteiger partial charge in [-0.2, -0.15) is 0 Å². The number of hydrogen-bond acceptors (Lipinski definition) is 3. The van der Waals surface area contributed by atoms with E-state index in [1.165, 1.54) is 0 Å². The molecule has 1 unspecified atom stereocenters. The Morgan fingerprint density at radius 3 is 2.91 bits per heavy atom. The molecule has 1 N–H and O–H groups in total. The van der Waals surface area contributed by atoms with E-state index in [2.05, 4.69) is 26.1 Å². The van der Waals surface area contributed by atoms with Gasteiger partial charge in [0.15, 0.2) is 0 Å². The van der Waals surface area contributed by atoms with Crippen molar-refractivity contribution in [2.75, 3.05) is 26.2 Å². The highest BCUT2D eigenvalue weighted by atomic mass is 16.5. The van der Waals surface area contributed by atoms with Crippen molar-refractivity contribution in [2.24, 2.45) is 5.92 Å². The first-order valence-electron chi connectivity index (χ1n) is 8.36. The molecule has 22 heavy (non-hydrogen) atoms. The zero-order valence-corrected chi connectivity index (χ0v) is 14.0. The topological polar surface area (TPSA) is 41.6 Å². The molecule has 1 heterocycles. The molecule has 4 nitrogen and oxygen atoms in total. The molecule has 0 aromatic heterocycles. The Kier molecular flexibility index (Phi) is 6.25. The van der Waals surface area contributed by atoms with Crippen LogP contribution in [0, 0.1) is 5.92 Å². The Morgan fingerprint density at radius 2 is 2.27 bits per heavy atom. The summed E-state index contributed by atoms with van der Waals surface area (Å²) in [5, 5.41) is 3.34. The molecule has 1 amide bonds. The molecular weight excluding hydrogens is 276 g/mol. The number of nitrogens with one attached hydrogen (secondary N) is 1. The Labute approximate surface area is 133 Å². The predicted molar refractivity (Wildman–Crippen MR) is 89.4 cm³/mol. The Bertz CT molecular complexity index is 482. The van der Waals surface area contributed by atoms with Crippen molar-refractivity contribution in [3.8, 4) is 5.75 Å². The number of rotatable bonds is 7. The highest BCUT2D eigenvalue weighted by Crippen LogP contribution is 2.19. The first kappa shape index (κ1) is 16.8. The maximum atomic E-state index is 12.9. The summed E-state index contributed by atoms with van der Waals surface area (Å²) in [6.45, 7) is 9.72. The molecule has 1 aromatic carbocycles. The van der Waals surface area contributed by atoms with E-state index in [1.54, 1.807) is 0 Å². The minimum Gasteiger partial charge on any atom is -0.493 e. The third-order valence-electron chi connectivity index (χ3n) is 3.86. The van der Waals surface area contributed by atoms with E-state index in [1.807, 2.05) is 29.2 Å². The van der Waals surface area contributed by atoms with Crippen molar-refractivity contribution in [3.63, 3.8) is 0 Å². The number of ether oxygens (including phenoxy) is 1. The van der Waals surface area contributed by atoms with Crippen LogP contribution in [0.5, 0.6) is 5.75 Å². The summed E-state index contributed by atoms with van der Waals surface area (Å²) < 4.78 is 5.74. The minimum atomic E-state index is 0.116. The van der Waals surface area contributed by atoms with Gasteiger partial charge in [0.1, 0.15) is 5.75 Å². The summed E-state index contributed by atoms with van der Waals surface area (Å²) in [5.74, 6) is 1.37. The maximum absolute atomic E-state index is 12.9. The quantitative estimate of drug-likeness (QED) is 0.842. The van der Waals surface area contributed by atoms with Gasteiger partial charge >= 0.3 is 0 Å². The molecule has 0 saturated carbocycles. The van der Waals surface area contributed by atoms with Crippen LogP contribution in [0.15, 0.2) is 24.3 Å². The number of nitrogens with zero attached hydrogens (tertiary/aromatic N) is 1. The van der Waals surface area contributed by atoms with Crippen LogP contribution in [-0.2, 0) is 0 Å². The summed E-state index contributed by atoms with van der Waals surface area (Å²) >= 11 is 0. The molecule has 1 saturated heterocycles. The summed E-state index contributed by atoms with van der Waals surface area (Å²) in [6.07, 6.45) is 2.01. The van der Waals surface area contributed by atoms with Gasteiger partial charge in [0.05, 0.1) is 6.61 Å². The highest BCUT2D eigenvalue weighted by molar-refractivity contribution is 5.94. The Balaban J connectivity index is 2.10. The lowest BCUT2D eigenvalue weighted by Gasteiger charge is -2.28. The summed E-state index contributed by atoms with van der Waals surface area (Å²) in [7, 11) is 0. The van der Waals surface area contributed by atoms with E-state index in [-0.39, 0.29) is 5.91 Å². The number of benzene rings is 1. The van der Waals surface area contributed by atoms with Gasteiger partial charge in [0.2, 0.25) is 0 Å². The third-order valence-corrected chi connectivity index (χ3v) is 3.86. The monoisotopic (exact) mass is 304 g/mol. The van der Waals surface area contributed by atoms with Crippen molar-refractivity contribution in [1.29, 1.82) is 0 Å². The number of carbonyl (C=O) groups excluding carboxylic acids is 1. The zero-order valence-electron chi connectivity index (χ0n) is 14.0. The summed E-state index contributed by atoms with van der Waals surface area (Å²) in [5.41, 5.74) is 0.724. The number of amides is 1. The fraction of sp³-hybridized carbons (Fsp3) is 0.611. The first-order valence-corrected chi connectivity index (χ1v) is 8.36. The van der Waals surface area contributed by atoms with Gasteiger partial charge in [-0.15, -0.1) is 0 Å². The third kappa shape index (κ3) is 4.47. The molecule has 0 spiro atoms. The Morgan fingerprint density at radius 1 is 1.45 bits per heavy atom. The second-order valence-electron chi connectivity index (χ2n) is 6.38. The predicted octanol–water partition coefficient (Wildman–Crippen LogP) is 2.94. The lowest BCUT2D eigenvalue weighted by atomic mass is 10.1. The van der Waals surface area contributed by atoms with Crippen LogP contribution in [0.3, 0.4) is 0 Å². The minimum absolute atomic E-state index is 0.116. The molecule has 0 aliphatic carbocycles. The van der Waals surface area contributed by atoms with E-state index in [0.29, 0.717) is 18.6 Å². The van der Waals surface area contributed by atoms with Gasteiger partial charge in [0.25, 0.3) is 5.91 Å². The number of carbonyl (C=O) groups is 1. The van der Waals surface area contributed by atoms with Crippen LogP contribution in [-0.4, -0.2) is 43.1 Å². The molecule has 1 fully saturated rings. The van der Waals surface area contributed by atoms with Crippen molar-refractivity contribution in [3.05, 3.63) is 29.8 Å². The Hall–Kier alpha value is -1.55. The molecule has 1 aliphatic heterocycles. The molecule has 0 bridgehead atoms. The van der Waals surface area contributed by atoms with Gasteiger partial charge in [-0.1, -0.05) is 26.8 Å². The fourth-order valence-corrected chi connectivity index (χ4v) is 2.74. The standard InChI is InChI=1S/C18H28N2O2/c1-4-10-20(16-8-9-19-12-16)18(21)15-6-5-7-17(11-15)22-13-14(2)3/h5-7,11,14,16,19H,4,8-10,12-13H2,1-3H3. The average molecular weight is 304 g/mol. The van der Waals surface area contributed by atoms with Crippen LogP contribution in [0.1, 0.15) is 44.0 Å². The molecule has 2 rings (SSSR count). The highest BCUT2D eigenvalue weighted by Gasteiger charge is 2.26. The SMILES string of the molecule is CCCN(C(=O)c1cccc(OCC(C)C)c1)C1CCNC1. The van der Waals surface area contributed by atoms with Crippen molar-refractivity contribution < 1.29 is 9.53 Å². The van der Waals surface area contributed by atoms with E-state index in [0.717, 1.165) is 43.8 Å². The van der Waals surface area contributed by atoms with Crippen LogP contribution in [0.2, 0.25) is 0 Å². The number of hydrogen-bond donors (Lipinski definition) is 1. The van der Waals surface area contributed by atoms with Crippen LogP contribution in [0.25, 0.3) is 0 Å². The van der Waals surface area contributed by atoms with Crippen LogP contribution >= 0.6 is 0 Å². The van der Waals surface area contributed by atoms with E-state index in [4.69, 9.17) is 4.74 Å².